The molecule has 0 spiro atoms. The van der Waals surface area contributed by atoms with Crippen LogP contribution in [0.5, 0.6) is 0 Å². The summed E-state index contributed by atoms with van der Waals surface area (Å²) in [5, 5.41) is 5.02. The molecule has 130 valence electrons. The summed E-state index contributed by atoms with van der Waals surface area (Å²) in [5.74, 6) is 1.21. The van der Waals surface area contributed by atoms with Gasteiger partial charge in [0.25, 0.3) is 0 Å². The third-order valence-corrected chi connectivity index (χ3v) is 5.03. The van der Waals surface area contributed by atoms with Crippen LogP contribution < -0.4 is 0 Å². The van der Waals surface area contributed by atoms with Gasteiger partial charge in [-0.3, -0.25) is 4.79 Å². The Hall–Kier alpha value is -2.63. The molecule has 1 aliphatic heterocycles. The summed E-state index contributed by atoms with van der Waals surface area (Å²) in [6.07, 6.45) is 3.84. The molecule has 1 atom stereocenters. The molecule has 6 heteroatoms. The van der Waals surface area contributed by atoms with Crippen molar-refractivity contribution in [2.75, 3.05) is 6.54 Å². The van der Waals surface area contributed by atoms with Crippen molar-refractivity contribution in [2.45, 2.75) is 46.1 Å². The topological polar surface area (TPSA) is 72.4 Å². The van der Waals surface area contributed by atoms with Crippen molar-refractivity contribution in [3.8, 4) is 0 Å². The molecule has 1 aromatic carbocycles. The molecular weight excluding hydrogens is 318 g/mol. The van der Waals surface area contributed by atoms with Crippen LogP contribution in [0.3, 0.4) is 0 Å². The minimum Gasteiger partial charge on any atom is -0.464 e. The number of nitrogens with zero attached hydrogens (tertiary/aromatic N) is 3. The van der Waals surface area contributed by atoms with Crippen molar-refractivity contribution in [1.29, 1.82) is 0 Å². The third-order valence-electron chi connectivity index (χ3n) is 5.03. The van der Waals surface area contributed by atoms with Gasteiger partial charge in [-0.1, -0.05) is 5.16 Å². The Morgan fingerprint density at radius 1 is 1.28 bits per heavy atom. The van der Waals surface area contributed by atoms with E-state index < -0.39 is 0 Å². The van der Waals surface area contributed by atoms with Gasteiger partial charge < -0.3 is 13.8 Å². The Kier molecular flexibility index (Phi) is 3.82. The molecule has 1 fully saturated rings. The molecule has 1 amide bonds. The van der Waals surface area contributed by atoms with Crippen molar-refractivity contribution in [1.82, 2.24) is 15.0 Å². The second-order valence-corrected chi connectivity index (χ2v) is 6.79. The number of benzene rings is 1. The first-order valence-corrected chi connectivity index (χ1v) is 8.60. The summed E-state index contributed by atoms with van der Waals surface area (Å²) in [5.41, 5.74) is 4.14. The molecule has 0 bridgehead atoms. The van der Waals surface area contributed by atoms with Crippen LogP contribution >= 0.6 is 0 Å². The van der Waals surface area contributed by atoms with Crippen molar-refractivity contribution in [3.05, 3.63) is 46.8 Å². The number of amides is 1. The predicted molar refractivity (Wildman–Crippen MR) is 92.1 cm³/mol. The maximum atomic E-state index is 12.9. The average Bonchev–Trinajstić information content (AvgIpc) is 3.29. The van der Waals surface area contributed by atoms with E-state index >= 15 is 0 Å². The minimum atomic E-state index is -0.0907. The lowest BCUT2D eigenvalue weighted by atomic mass is 10.0. The van der Waals surface area contributed by atoms with E-state index in [0.29, 0.717) is 18.1 Å². The number of carbonyl (C=O) groups excluding carboxylic acids is 1. The Balaban J connectivity index is 1.58. The van der Waals surface area contributed by atoms with E-state index in [0.717, 1.165) is 35.9 Å². The molecule has 0 aliphatic carbocycles. The molecule has 1 saturated heterocycles. The van der Waals surface area contributed by atoms with E-state index in [2.05, 4.69) is 30.1 Å². The van der Waals surface area contributed by atoms with Gasteiger partial charge in [0.2, 0.25) is 11.8 Å². The van der Waals surface area contributed by atoms with Crippen molar-refractivity contribution < 1.29 is 13.7 Å². The van der Waals surface area contributed by atoms with Crippen molar-refractivity contribution in [3.63, 3.8) is 0 Å². The van der Waals surface area contributed by atoms with Crippen LogP contribution in [0.15, 0.2) is 27.3 Å². The summed E-state index contributed by atoms with van der Waals surface area (Å²) >= 11 is 0. The van der Waals surface area contributed by atoms with E-state index in [9.17, 15) is 4.79 Å². The summed E-state index contributed by atoms with van der Waals surface area (Å²) in [6.45, 7) is 6.62. The summed E-state index contributed by atoms with van der Waals surface area (Å²) < 4.78 is 10.7. The molecule has 6 nitrogen and oxygen atoms in total. The average molecular weight is 339 g/mol. The zero-order valence-corrected chi connectivity index (χ0v) is 14.7. The van der Waals surface area contributed by atoms with E-state index in [1.54, 1.807) is 13.2 Å². The highest BCUT2D eigenvalue weighted by molar-refractivity contribution is 5.88. The lowest BCUT2D eigenvalue weighted by Crippen LogP contribution is -2.32. The zero-order valence-electron chi connectivity index (χ0n) is 14.7. The van der Waals surface area contributed by atoms with Crippen LogP contribution in [0.4, 0.5) is 0 Å². The number of rotatable bonds is 3. The largest absolute Gasteiger partial charge is 0.464 e. The second-order valence-electron chi connectivity index (χ2n) is 6.79. The number of fused-ring (bicyclic) bond motifs is 1. The maximum absolute atomic E-state index is 12.9. The van der Waals surface area contributed by atoms with Gasteiger partial charge in [-0.15, -0.1) is 0 Å². The van der Waals surface area contributed by atoms with E-state index in [1.165, 1.54) is 11.1 Å². The van der Waals surface area contributed by atoms with Gasteiger partial charge in [-0.05, 0) is 49.9 Å². The maximum Gasteiger partial charge on any atom is 0.227 e. The predicted octanol–water partition coefficient (Wildman–Crippen LogP) is 3.65. The summed E-state index contributed by atoms with van der Waals surface area (Å²) in [6, 6.07) is 4.03. The minimum absolute atomic E-state index is 0.0749. The highest BCUT2D eigenvalue weighted by Gasteiger charge is 2.33. The standard InChI is InChI=1S/C19H21N3O3/c1-11-7-15-14(10-24-17(15)8-12(11)2)9-18(23)22-6-4-5-16(22)19-20-13(3)25-21-19/h7-8,10,16H,4-6,9H2,1-3H3/t16-/m0/s1. The van der Waals surface area contributed by atoms with E-state index in [4.69, 9.17) is 8.94 Å². The lowest BCUT2D eigenvalue weighted by molar-refractivity contribution is -0.131. The summed E-state index contributed by atoms with van der Waals surface area (Å²) in [7, 11) is 0. The number of aryl methyl sites for hydroxylation is 3. The lowest BCUT2D eigenvalue weighted by Gasteiger charge is -2.22. The third kappa shape index (κ3) is 2.81. The fraction of sp³-hybridized carbons (Fsp3) is 0.421. The molecule has 4 rings (SSSR count). The number of likely N-dealkylation sites (tertiary alicyclic amines) is 1. The Morgan fingerprint density at radius 2 is 2.08 bits per heavy atom. The molecule has 1 aliphatic rings. The van der Waals surface area contributed by atoms with Crippen LogP contribution in [-0.2, 0) is 11.2 Å². The first-order valence-electron chi connectivity index (χ1n) is 8.60. The SMILES string of the molecule is Cc1nc([C@@H]2CCCN2C(=O)Cc2coc3cc(C)c(C)cc23)no1. The van der Waals surface area contributed by atoms with Crippen LogP contribution in [-0.4, -0.2) is 27.5 Å². The van der Waals surface area contributed by atoms with Crippen molar-refractivity contribution >= 4 is 16.9 Å². The van der Waals surface area contributed by atoms with Crippen LogP contribution in [0.2, 0.25) is 0 Å². The second kappa shape index (κ2) is 6.02. The Morgan fingerprint density at radius 3 is 2.84 bits per heavy atom. The van der Waals surface area contributed by atoms with Gasteiger partial charge in [0.15, 0.2) is 5.82 Å². The number of furan rings is 1. The van der Waals surface area contributed by atoms with Gasteiger partial charge in [0, 0.05) is 24.4 Å². The highest BCUT2D eigenvalue weighted by atomic mass is 16.5. The first kappa shape index (κ1) is 15.9. The van der Waals surface area contributed by atoms with Gasteiger partial charge in [-0.25, -0.2) is 0 Å². The molecule has 0 N–H and O–H groups in total. The van der Waals surface area contributed by atoms with Crippen LogP contribution in [0.25, 0.3) is 11.0 Å². The number of aromatic nitrogens is 2. The van der Waals surface area contributed by atoms with Gasteiger partial charge in [-0.2, -0.15) is 4.98 Å². The first-order chi connectivity index (χ1) is 12.0. The van der Waals surface area contributed by atoms with Crippen LogP contribution in [0, 0.1) is 20.8 Å². The Labute approximate surface area is 145 Å². The normalized spacial score (nSPS) is 17.6. The molecule has 25 heavy (non-hydrogen) atoms. The smallest absolute Gasteiger partial charge is 0.227 e. The molecular formula is C19H21N3O3. The van der Waals surface area contributed by atoms with Gasteiger partial charge in [0.1, 0.15) is 5.58 Å². The monoisotopic (exact) mass is 339 g/mol. The van der Waals surface area contributed by atoms with Crippen molar-refractivity contribution in [2.24, 2.45) is 0 Å². The fourth-order valence-electron chi connectivity index (χ4n) is 3.52. The summed E-state index contributed by atoms with van der Waals surface area (Å²) in [4.78, 5) is 19.1. The molecule has 0 saturated carbocycles. The molecule has 2 aromatic heterocycles. The zero-order chi connectivity index (χ0) is 17.6. The van der Waals surface area contributed by atoms with Gasteiger partial charge >= 0.3 is 0 Å². The molecule has 0 radical (unpaired) electrons. The number of hydrogen-bond donors (Lipinski definition) is 0. The molecule has 3 heterocycles. The van der Waals surface area contributed by atoms with E-state index in [1.807, 2.05) is 11.0 Å². The number of carbonyl (C=O) groups is 1. The highest BCUT2D eigenvalue weighted by Crippen LogP contribution is 2.32. The Bertz CT molecular complexity index is 941. The van der Waals surface area contributed by atoms with Crippen LogP contribution in [0.1, 0.15) is 47.3 Å². The fourth-order valence-corrected chi connectivity index (χ4v) is 3.52. The molecule has 3 aromatic rings. The quantitative estimate of drug-likeness (QED) is 0.728. The number of hydrogen-bond acceptors (Lipinski definition) is 5. The van der Waals surface area contributed by atoms with Gasteiger partial charge in [0.05, 0.1) is 18.7 Å². The molecule has 0 unspecified atom stereocenters. The van der Waals surface area contributed by atoms with E-state index in [-0.39, 0.29) is 11.9 Å².